The van der Waals surface area contributed by atoms with Crippen LogP contribution in [-0.2, 0) is 0 Å². The zero-order valence-electron chi connectivity index (χ0n) is 10.2. The first kappa shape index (κ1) is 13.3. The highest BCUT2D eigenvalue weighted by Gasteiger charge is 2.16. The second-order valence-corrected chi connectivity index (χ2v) is 6.07. The molecule has 3 aromatic rings. The highest BCUT2D eigenvalue weighted by Crippen LogP contribution is 2.33. The monoisotopic (exact) mass is 349 g/mol. The van der Waals surface area contributed by atoms with Gasteiger partial charge >= 0.3 is 0 Å². The molecule has 0 unspecified atom stereocenters. The van der Waals surface area contributed by atoms with E-state index in [2.05, 4.69) is 15.9 Å². The Morgan fingerprint density at radius 1 is 1.25 bits per heavy atom. The van der Waals surface area contributed by atoms with E-state index in [0.29, 0.717) is 11.1 Å². The van der Waals surface area contributed by atoms with Gasteiger partial charge in [0, 0.05) is 31.1 Å². The van der Waals surface area contributed by atoms with Crippen molar-refractivity contribution in [1.29, 1.82) is 0 Å². The van der Waals surface area contributed by atoms with Crippen molar-refractivity contribution in [3.05, 3.63) is 63.2 Å². The molecule has 0 aliphatic heterocycles. The van der Waals surface area contributed by atoms with E-state index in [1.807, 2.05) is 23.6 Å². The molecule has 0 bridgehead atoms. The Morgan fingerprint density at radius 3 is 2.80 bits per heavy atom. The van der Waals surface area contributed by atoms with Crippen molar-refractivity contribution in [2.24, 2.45) is 0 Å². The van der Waals surface area contributed by atoms with Gasteiger partial charge in [-0.05, 0) is 40.2 Å². The van der Waals surface area contributed by atoms with E-state index in [1.54, 1.807) is 0 Å². The molecule has 1 heterocycles. The largest absolute Gasteiger partial charge is 0.396 e. The van der Waals surface area contributed by atoms with Crippen LogP contribution in [0.2, 0.25) is 0 Å². The van der Waals surface area contributed by atoms with Crippen LogP contribution in [0.4, 0.5) is 10.1 Å². The normalized spacial score (nSPS) is 10.9. The molecule has 0 saturated heterocycles. The molecule has 0 atom stereocenters. The molecule has 2 N–H and O–H groups in total. The Bertz CT molecular complexity index is 828. The van der Waals surface area contributed by atoms with Gasteiger partial charge in [-0.1, -0.05) is 12.1 Å². The van der Waals surface area contributed by atoms with Crippen LogP contribution >= 0.6 is 27.3 Å². The molecule has 2 aromatic carbocycles. The fraction of sp³-hybridized carbons (Fsp3) is 0. The lowest BCUT2D eigenvalue weighted by Gasteiger charge is -2.02. The SMILES string of the molecule is Nc1cc(C(=O)c2csc3c(Br)cccc23)ccc1F. The van der Waals surface area contributed by atoms with E-state index in [1.165, 1.54) is 29.5 Å². The number of nitrogens with two attached hydrogens (primary N) is 1. The van der Waals surface area contributed by atoms with Gasteiger partial charge in [-0.25, -0.2) is 4.39 Å². The first-order chi connectivity index (χ1) is 9.58. The molecule has 0 amide bonds. The van der Waals surface area contributed by atoms with Gasteiger partial charge in [-0.15, -0.1) is 11.3 Å². The van der Waals surface area contributed by atoms with Crippen LogP contribution in [0.5, 0.6) is 0 Å². The van der Waals surface area contributed by atoms with E-state index in [-0.39, 0.29) is 11.5 Å². The van der Waals surface area contributed by atoms with Crippen molar-refractivity contribution in [3.63, 3.8) is 0 Å². The van der Waals surface area contributed by atoms with E-state index in [0.717, 1.165) is 14.6 Å². The topological polar surface area (TPSA) is 43.1 Å². The molecule has 0 aliphatic carbocycles. The van der Waals surface area contributed by atoms with E-state index >= 15 is 0 Å². The highest BCUT2D eigenvalue weighted by atomic mass is 79.9. The molecule has 0 saturated carbocycles. The minimum Gasteiger partial charge on any atom is -0.396 e. The van der Waals surface area contributed by atoms with Crippen LogP contribution in [0.3, 0.4) is 0 Å². The second-order valence-electron chi connectivity index (χ2n) is 4.33. The van der Waals surface area contributed by atoms with E-state index < -0.39 is 5.82 Å². The molecule has 0 spiro atoms. The predicted molar refractivity (Wildman–Crippen MR) is 83.8 cm³/mol. The smallest absolute Gasteiger partial charge is 0.194 e. The fourth-order valence-corrected chi connectivity index (χ4v) is 3.64. The third kappa shape index (κ3) is 2.13. The number of benzene rings is 2. The van der Waals surface area contributed by atoms with Crippen LogP contribution in [0, 0.1) is 5.82 Å². The Morgan fingerprint density at radius 2 is 2.05 bits per heavy atom. The first-order valence-corrected chi connectivity index (χ1v) is 7.50. The summed E-state index contributed by atoms with van der Waals surface area (Å²) in [5, 5.41) is 2.70. The highest BCUT2D eigenvalue weighted by molar-refractivity contribution is 9.10. The summed E-state index contributed by atoms with van der Waals surface area (Å²) in [7, 11) is 0. The lowest BCUT2D eigenvalue weighted by Crippen LogP contribution is -2.02. The molecule has 3 rings (SSSR count). The zero-order valence-corrected chi connectivity index (χ0v) is 12.6. The van der Waals surface area contributed by atoms with Crippen LogP contribution in [0.25, 0.3) is 10.1 Å². The van der Waals surface area contributed by atoms with Crippen molar-refractivity contribution >= 4 is 48.8 Å². The number of nitrogen functional groups attached to an aromatic ring is 1. The van der Waals surface area contributed by atoms with Crippen molar-refractivity contribution in [2.75, 3.05) is 5.73 Å². The summed E-state index contributed by atoms with van der Waals surface area (Å²) >= 11 is 4.96. The van der Waals surface area contributed by atoms with Crippen molar-refractivity contribution in [2.45, 2.75) is 0 Å². The summed E-state index contributed by atoms with van der Waals surface area (Å²) in [6.07, 6.45) is 0. The van der Waals surface area contributed by atoms with Crippen LogP contribution in [0.1, 0.15) is 15.9 Å². The number of hydrogen-bond acceptors (Lipinski definition) is 3. The standard InChI is InChI=1S/C15H9BrFNOS/c16-11-3-1-2-9-10(7-20-15(9)11)14(19)8-4-5-12(17)13(18)6-8/h1-7H,18H2. The maximum absolute atomic E-state index is 13.2. The number of hydrogen-bond donors (Lipinski definition) is 1. The van der Waals surface area contributed by atoms with Gasteiger partial charge in [0.1, 0.15) is 5.82 Å². The number of carbonyl (C=O) groups excluding carboxylic acids is 1. The molecule has 20 heavy (non-hydrogen) atoms. The Hall–Kier alpha value is -1.72. The van der Waals surface area contributed by atoms with Crippen LogP contribution in [0.15, 0.2) is 46.3 Å². The molecule has 1 aromatic heterocycles. The van der Waals surface area contributed by atoms with Gasteiger partial charge < -0.3 is 5.73 Å². The third-order valence-corrected chi connectivity index (χ3v) is 5.01. The third-order valence-electron chi connectivity index (χ3n) is 3.05. The Kier molecular flexibility index (Phi) is 3.31. The predicted octanol–water partition coefficient (Wildman–Crippen LogP) is 4.62. The number of ketones is 1. The van der Waals surface area contributed by atoms with Gasteiger partial charge in [0.2, 0.25) is 0 Å². The number of rotatable bonds is 2. The average molecular weight is 350 g/mol. The number of fused-ring (bicyclic) bond motifs is 1. The first-order valence-electron chi connectivity index (χ1n) is 5.83. The summed E-state index contributed by atoms with van der Waals surface area (Å²) in [6.45, 7) is 0. The van der Waals surface area contributed by atoms with E-state index in [4.69, 9.17) is 5.73 Å². The molecule has 0 aliphatic rings. The lowest BCUT2D eigenvalue weighted by atomic mass is 10.0. The molecule has 0 radical (unpaired) electrons. The molecular weight excluding hydrogens is 341 g/mol. The fourth-order valence-electron chi connectivity index (χ4n) is 2.04. The Labute approximate surface area is 127 Å². The lowest BCUT2D eigenvalue weighted by molar-refractivity contribution is 0.104. The minimum absolute atomic E-state index is 0.0171. The quantitative estimate of drug-likeness (QED) is 0.542. The van der Waals surface area contributed by atoms with Gasteiger partial charge in [-0.2, -0.15) is 0 Å². The average Bonchev–Trinajstić information content (AvgIpc) is 2.86. The number of carbonyl (C=O) groups is 1. The molecule has 0 fully saturated rings. The van der Waals surface area contributed by atoms with Gasteiger partial charge in [-0.3, -0.25) is 4.79 Å². The molecular formula is C15H9BrFNOS. The van der Waals surface area contributed by atoms with Gasteiger partial charge in [0.25, 0.3) is 0 Å². The summed E-state index contributed by atoms with van der Waals surface area (Å²) in [5.74, 6) is -0.666. The van der Waals surface area contributed by atoms with Gasteiger partial charge in [0.05, 0.1) is 5.69 Å². The zero-order chi connectivity index (χ0) is 14.3. The number of anilines is 1. The summed E-state index contributed by atoms with van der Waals surface area (Å²) in [6, 6.07) is 9.76. The van der Waals surface area contributed by atoms with Crippen molar-refractivity contribution in [3.8, 4) is 0 Å². The Balaban J connectivity index is 2.13. The molecule has 100 valence electrons. The van der Waals surface area contributed by atoms with Crippen LogP contribution < -0.4 is 5.73 Å². The maximum Gasteiger partial charge on any atom is 0.194 e. The van der Waals surface area contributed by atoms with E-state index in [9.17, 15) is 9.18 Å². The second kappa shape index (κ2) is 5.00. The van der Waals surface area contributed by atoms with Crippen molar-refractivity contribution in [1.82, 2.24) is 0 Å². The van der Waals surface area contributed by atoms with Gasteiger partial charge in [0.15, 0.2) is 5.78 Å². The maximum atomic E-state index is 13.2. The van der Waals surface area contributed by atoms with Crippen molar-refractivity contribution < 1.29 is 9.18 Å². The summed E-state index contributed by atoms with van der Waals surface area (Å²) in [4.78, 5) is 12.5. The summed E-state index contributed by atoms with van der Waals surface area (Å²) in [5.41, 5.74) is 6.50. The molecule has 2 nitrogen and oxygen atoms in total. The minimum atomic E-state index is -0.514. The molecule has 5 heteroatoms. The number of halogens is 2. The summed E-state index contributed by atoms with van der Waals surface area (Å²) < 4.78 is 15.1. The van der Waals surface area contributed by atoms with Crippen LogP contribution in [-0.4, -0.2) is 5.78 Å². The number of thiophene rings is 1.